The summed E-state index contributed by atoms with van der Waals surface area (Å²) in [5.41, 5.74) is 1.91. The molecule has 9 nitrogen and oxygen atoms in total. The molecule has 9 heteroatoms. The molecule has 0 bridgehead atoms. The molecular weight excluding hydrogens is 398 g/mol. The maximum absolute atomic E-state index is 12.5. The van der Waals surface area contributed by atoms with Crippen LogP contribution in [0.3, 0.4) is 0 Å². The first-order chi connectivity index (χ1) is 14.9. The van der Waals surface area contributed by atoms with Gasteiger partial charge < -0.3 is 19.6 Å². The summed E-state index contributed by atoms with van der Waals surface area (Å²) < 4.78 is 7.30. The van der Waals surface area contributed by atoms with E-state index in [-0.39, 0.29) is 37.2 Å². The fourth-order valence-electron chi connectivity index (χ4n) is 3.82. The lowest BCUT2D eigenvalue weighted by molar-refractivity contribution is -0.128. The molecular formula is C22H25N5O4. The molecule has 0 radical (unpaired) electrons. The number of para-hydroxylation sites is 2. The Hall–Kier alpha value is -3.62. The van der Waals surface area contributed by atoms with E-state index in [1.54, 1.807) is 12.1 Å². The number of urea groups is 1. The largest absolute Gasteiger partial charge is 0.467 e. The summed E-state index contributed by atoms with van der Waals surface area (Å²) >= 11 is 0. The minimum absolute atomic E-state index is 0.0752. The molecule has 1 aliphatic rings. The van der Waals surface area contributed by atoms with Crippen LogP contribution in [-0.2, 0) is 22.7 Å². The molecule has 0 unspecified atom stereocenters. The number of imidazole rings is 1. The summed E-state index contributed by atoms with van der Waals surface area (Å²) in [5.74, 6) is 0.749. The molecule has 3 heterocycles. The van der Waals surface area contributed by atoms with E-state index in [1.165, 1.54) is 6.26 Å². The normalized spacial score (nSPS) is 16.4. The number of nitrogens with one attached hydrogen (secondary N) is 2. The molecule has 0 spiro atoms. The molecule has 162 valence electrons. The Labute approximate surface area is 179 Å². The first-order valence-electron chi connectivity index (χ1n) is 10.3. The summed E-state index contributed by atoms with van der Waals surface area (Å²) in [6.07, 6.45) is 1.84. The number of rotatable bonds is 8. The van der Waals surface area contributed by atoms with Gasteiger partial charge in [-0.2, -0.15) is 0 Å². The maximum Gasteiger partial charge on any atom is 0.325 e. The first kappa shape index (κ1) is 20.6. The number of benzene rings is 1. The zero-order valence-electron chi connectivity index (χ0n) is 17.5. The molecule has 4 amide bonds. The fraction of sp³-hybridized carbons (Fsp3) is 0.364. The van der Waals surface area contributed by atoms with Crippen LogP contribution in [-0.4, -0.2) is 38.3 Å². The van der Waals surface area contributed by atoms with E-state index in [0.29, 0.717) is 12.3 Å². The van der Waals surface area contributed by atoms with E-state index in [2.05, 4.69) is 34.0 Å². The standard InChI is InChI=1S/C22H25N5O4/c1-14(2)27-18-8-4-3-7-16(18)24-19(27)12-23-20(28)10-9-17-21(29)26(22(30)25-17)13-15-6-5-11-31-15/h3-8,11,14,17H,9-10,12-13H2,1-2H3,(H,23,28)(H,25,30)/t17-/m0/s1. The van der Waals surface area contributed by atoms with Crippen LogP contribution in [0.1, 0.15) is 44.3 Å². The minimum Gasteiger partial charge on any atom is -0.467 e. The van der Waals surface area contributed by atoms with Crippen molar-refractivity contribution in [1.82, 2.24) is 25.1 Å². The number of amides is 4. The first-order valence-corrected chi connectivity index (χ1v) is 10.3. The zero-order chi connectivity index (χ0) is 22.0. The summed E-state index contributed by atoms with van der Waals surface area (Å²) in [4.78, 5) is 42.7. The van der Waals surface area contributed by atoms with Crippen molar-refractivity contribution in [2.75, 3.05) is 0 Å². The highest BCUT2D eigenvalue weighted by molar-refractivity contribution is 6.04. The summed E-state index contributed by atoms with van der Waals surface area (Å²) in [6, 6.07) is 10.3. The van der Waals surface area contributed by atoms with Gasteiger partial charge in [0.1, 0.15) is 17.6 Å². The van der Waals surface area contributed by atoms with Gasteiger partial charge in [0.05, 0.1) is 30.4 Å². The monoisotopic (exact) mass is 423 g/mol. The number of aromatic nitrogens is 2. The molecule has 4 rings (SSSR count). The third-order valence-corrected chi connectivity index (χ3v) is 5.29. The second-order valence-electron chi connectivity index (χ2n) is 7.80. The molecule has 31 heavy (non-hydrogen) atoms. The van der Waals surface area contributed by atoms with Crippen molar-refractivity contribution in [3.8, 4) is 0 Å². The van der Waals surface area contributed by atoms with Crippen molar-refractivity contribution in [2.45, 2.75) is 51.9 Å². The second kappa shape index (κ2) is 8.63. The minimum atomic E-state index is -0.714. The van der Waals surface area contributed by atoms with E-state index in [1.807, 2.05) is 24.3 Å². The molecule has 1 saturated heterocycles. The summed E-state index contributed by atoms with van der Waals surface area (Å²) in [7, 11) is 0. The van der Waals surface area contributed by atoms with Crippen molar-refractivity contribution in [3.63, 3.8) is 0 Å². The van der Waals surface area contributed by atoms with E-state index >= 15 is 0 Å². The quantitative estimate of drug-likeness (QED) is 0.542. The molecule has 2 aromatic heterocycles. The average molecular weight is 423 g/mol. The number of hydrogen-bond donors (Lipinski definition) is 2. The van der Waals surface area contributed by atoms with Gasteiger partial charge in [0.2, 0.25) is 5.91 Å². The highest BCUT2D eigenvalue weighted by Crippen LogP contribution is 2.21. The smallest absolute Gasteiger partial charge is 0.325 e. The van der Waals surface area contributed by atoms with Gasteiger partial charge in [-0.25, -0.2) is 9.78 Å². The predicted molar refractivity (Wildman–Crippen MR) is 113 cm³/mol. The maximum atomic E-state index is 12.5. The lowest BCUT2D eigenvalue weighted by Crippen LogP contribution is -2.32. The highest BCUT2D eigenvalue weighted by atomic mass is 16.3. The van der Waals surface area contributed by atoms with Crippen molar-refractivity contribution in [2.24, 2.45) is 0 Å². The number of carbonyl (C=O) groups excluding carboxylic acids is 3. The van der Waals surface area contributed by atoms with Gasteiger partial charge in [0, 0.05) is 12.5 Å². The Bertz CT molecular complexity index is 1100. The third kappa shape index (κ3) is 4.30. The number of imide groups is 1. The molecule has 3 aromatic rings. The molecule has 1 fully saturated rings. The molecule has 1 aliphatic heterocycles. The van der Waals surface area contributed by atoms with E-state index in [0.717, 1.165) is 21.8 Å². The van der Waals surface area contributed by atoms with Crippen molar-refractivity contribution >= 4 is 28.9 Å². The Morgan fingerprint density at radius 3 is 2.77 bits per heavy atom. The predicted octanol–water partition coefficient (Wildman–Crippen LogP) is 2.73. The second-order valence-corrected chi connectivity index (χ2v) is 7.80. The number of furan rings is 1. The molecule has 0 aliphatic carbocycles. The van der Waals surface area contributed by atoms with Crippen molar-refractivity contribution in [3.05, 3.63) is 54.2 Å². The Morgan fingerprint density at radius 1 is 1.23 bits per heavy atom. The average Bonchev–Trinajstić information content (AvgIpc) is 3.45. The summed E-state index contributed by atoms with van der Waals surface area (Å²) in [6.45, 7) is 4.51. The number of hydrogen-bond acceptors (Lipinski definition) is 5. The molecule has 0 saturated carbocycles. The molecule has 2 N–H and O–H groups in total. The fourth-order valence-corrected chi connectivity index (χ4v) is 3.82. The van der Waals surface area contributed by atoms with E-state index in [9.17, 15) is 14.4 Å². The van der Waals surface area contributed by atoms with Crippen LogP contribution in [0.4, 0.5) is 4.79 Å². The van der Waals surface area contributed by atoms with Crippen LogP contribution in [0.25, 0.3) is 11.0 Å². The Morgan fingerprint density at radius 2 is 2.03 bits per heavy atom. The number of fused-ring (bicyclic) bond motifs is 1. The van der Waals surface area contributed by atoms with Crippen LogP contribution in [0.5, 0.6) is 0 Å². The van der Waals surface area contributed by atoms with E-state index < -0.39 is 12.1 Å². The van der Waals surface area contributed by atoms with Crippen LogP contribution in [0.15, 0.2) is 47.1 Å². The van der Waals surface area contributed by atoms with Gasteiger partial charge in [-0.05, 0) is 44.5 Å². The number of nitrogens with zero attached hydrogens (tertiary/aromatic N) is 3. The van der Waals surface area contributed by atoms with Crippen LogP contribution in [0.2, 0.25) is 0 Å². The highest BCUT2D eigenvalue weighted by Gasteiger charge is 2.38. The SMILES string of the molecule is CC(C)n1c(CNC(=O)CC[C@@H]2NC(=O)N(Cc3ccco3)C2=O)nc2ccccc21. The van der Waals surface area contributed by atoms with Crippen molar-refractivity contribution < 1.29 is 18.8 Å². The van der Waals surface area contributed by atoms with E-state index in [4.69, 9.17) is 4.42 Å². The molecule has 1 aromatic carbocycles. The van der Waals surface area contributed by atoms with Crippen LogP contribution in [0, 0.1) is 0 Å². The van der Waals surface area contributed by atoms with Gasteiger partial charge >= 0.3 is 6.03 Å². The number of carbonyl (C=O) groups is 3. The molecule has 1 atom stereocenters. The van der Waals surface area contributed by atoms with Gasteiger partial charge in [-0.1, -0.05) is 12.1 Å². The summed E-state index contributed by atoms with van der Waals surface area (Å²) in [5, 5.41) is 5.51. The van der Waals surface area contributed by atoms with Gasteiger partial charge in [-0.3, -0.25) is 14.5 Å². The lowest BCUT2D eigenvalue weighted by atomic mass is 10.1. The third-order valence-electron chi connectivity index (χ3n) is 5.29. The van der Waals surface area contributed by atoms with Gasteiger partial charge in [-0.15, -0.1) is 0 Å². The Balaban J connectivity index is 1.32. The van der Waals surface area contributed by atoms with Crippen LogP contribution >= 0.6 is 0 Å². The van der Waals surface area contributed by atoms with Crippen LogP contribution < -0.4 is 10.6 Å². The lowest BCUT2D eigenvalue weighted by Gasteiger charge is -2.14. The van der Waals surface area contributed by atoms with Gasteiger partial charge in [0.25, 0.3) is 5.91 Å². The Kier molecular flexibility index (Phi) is 5.75. The topological polar surface area (TPSA) is 109 Å². The van der Waals surface area contributed by atoms with Crippen molar-refractivity contribution in [1.29, 1.82) is 0 Å². The zero-order valence-corrected chi connectivity index (χ0v) is 17.5. The van der Waals surface area contributed by atoms with Gasteiger partial charge in [0.15, 0.2) is 0 Å².